The van der Waals surface area contributed by atoms with Gasteiger partial charge in [0.1, 0.15) is 6.54 Å². The van der Waals surface area contributed by atoms with Crippen molar-refractivity contribution in [3.63, 3.8) is 0 Å². The zero-order valence-electron chi connectivity index (χ0n) is 16.1. The van der Waals surface area contributed by atoms with Gasteiger partial charge < -0.3 is 14.7 Å². The van der Waals surface area contributed by atoms with Gasteiger partial charge >= 0.3 is 11.7 Å². The normalized spacial score (nSPS) is 12.3. The number of imidazole rings is 1. The summed E-state index contributed by atoms with van der Waals surface area (Å²) in [5, 5.41) is 9.18. The monoisotopic (exact) mass is 377 g/mol. The number of carboxylic acids is 1. The molecule has 1 amide bonds. The van der Waals surface area contributed by atoms with E-state index in [0.29, 0.717) is 31.7 Å². The number of hydrogen-bond donors (Lipinski definition) is 1. The van der Waals surface area contributed by atoms with E-state index in [4.69, 9.17) is 4.74 Å². The van der Waals surface area contributed by atoms with Crippen LogP contribution in [0, 0.1) is 5.92 Å². The Labute approximate surface area is 157 Å². The Balaban J connectivity index is 2.20. The van der Waals surface area contributed by atoms with Gasteiger partial charge in [0.05, 0.1) is 17.0 Å². The van der Waals surface area contributed by atoms with Crippen LogP contribution in [0.1, 0.15) is 20.3 Å². The van der Waals surface area contributed by atoms with Crippen LogP contribution in [0.2, 0.25) is 0 Å². The number of aliphatic carboxylic acids is 1. The molecule has 27 heavy (non-hydrogen) atoms. The summed E-state index contributed by atoms with van der Waals surface area (Å²) in [6.07, 6.45) is 0.607. The van der Waals surface area contributed by atoms with Gasteiger partial charge in [0.2, 0.25) is 5.91 Å². The molecule has 0 aliphatic rings. The van der Waals surface area contributed by atoms with Crippen molar-refractivity contribution in [2.75, 3.05) is 26.3 Å². The van der Waals surface area contributed by atoms with Crippen molar-refractivity contribution >= 4 is 22.9 Å². The maximum absolute atomic E-state index is 12.9. The topological polar surface area (TPSA) is 93.8 Å². The maximum Gasteiger partial charge on any atom is 0.329 e. The van der Waals surface area contributed by atoms with E-state index in [1.807, 2.05) is 25.1 Å². The summed E-state index contributed by atoms with van der Waals surface area (Å²) in [5.74, 6) is -1.93. The van der Waals surface area contributed by atoms with Gasteiger partial charge in [-0.1, -0.05) is 19.1 Å². The molecule has 1 aromatic heterocycles. The van der Waals surface area contributed by atoms with Gasteiger partial charge in [0.15, 0.2) is 0 Å². The third kappa shape index (κ3) is 4.97. The molecule has 1 unspecified atom stereocenters. The van der Waals surface area contributed by atoms with Crippen molar-refractivity contribution in [1.29, 1.82) is 0 Å². The number of fused-ring (bicyclic) bond motifs is 1. The number of aromatic nitrogens is 2. The van der Waals surface area contributed by atoms with Crippen molar-refractivity contribution in [2.24, 2.45) is 13.0 Å². The predicted molar refractivity (Wildman–Crippen MR) is 102 cm³/mol. The highest BCUT2D eigenvalue weighted by Gasteiger charge is 2.22. The van der Waals surface area contributed by atoms with E-state index in [9.17, 15) is 19.5 Å². The second kappa shape index (κ2) is 9.36. The Morgan fingerprint density at radius 1 is 1.26 bits per heavy atom. The minimum atomic E-state index is -0.958. The van der Waals surface area contributed by atoms with Gasteiger partial charge in [-0.3, -0.25) is 18.7 Å². The number of para-hydroxylation sites is 2. The second-order valence-electron chi connectivity index (χ2n) is 6.55. The molecule has 0 saturated heterocycles. The molecule has 0 saturated carbocycles. The van der Waals surface area contributed by atoms with E-state index < -0.39 is 11.9 Å². The second-order valence-corrected chi connectivity index (χ2v) is 6.55. The first kappa shape index (κ1) is 20.7. The highest BCUT2D eigenvalue weighted by molar-refractivity contribution is 5.81. The van der Waals surface area contributed by atoms with Crippen LogP contribution in [0.5, 0.6) is 0 Å². The number of ether oxygens (including phenoxy) is 1. The lowest BCUT2D eigenvalue weighted by Gasteiger charge is -2.24. The molecule has 1 N–H and O–H groups in total. The average molecular weight is 377 g/mol. The van der Waals surface area contributed by atoms with Crippen LogP contribution in [0.15, 0.2) is 29.1 Å². The smallest absolute Gasteiger partial charge is 0.329 e. The fourth-order valence-electron chi connectivity index (χ4n) is 2.98. The van der Waals surface area contributed by atoms with Crippen molar-refractivity contribution in [3.8, 4) is 0 Å². The van der Waals surface area contributed by atoms with Gasteiger partial charge in [-0.05, 0) is 25.5 Å². The van der Waals surface area contributed by atoms with Crippen molar-refractivity contribution in [2.45, 2.75) is 26.8 Å². The lowest BCUT2D eigenvalue weighted by Crippen LogP contribution is -2.41. The molecule has 1 atom stereocenters. The van der Waals surface area contributed by atoms with Crippen molar-refractivity contribution in [1.82, 2.24) is 14.0 Å². The van der Waals surface area contributed by atoms with Crippen LogP contribution < -0.4 is 5.69 Å². The van der Waals surface area contributed by atoms with Crippen LogP contribution in [0.25, 0.3) is 11.0 Å². The number of benzene rings is 1. The summed E-state index contributed by atoms with van der Waals surface area (Å²) < 4.78 is 8.23. The summed E-state index contributed by atoms with van der Waals surface area (Å²) in [4.78, 5) is 38.1. The predicted octanol–water partition coefficient (Wildman–Crippen LogP) is 1.32. The highest BCUT2D eigenvalue weighted by Crippen LogP contribution is 2.12. The number of aryl methyl sites for hydroxylation is 1. The SMILES string of the molecule is CCOCCCN(CC(C)C(=O)O)C(=O)Cn1c(=O)n(C)c2ccccc21. The molecule has 0 bridgehead atoms. The molecule has 1 aromatic carbocycles. The van der Waals surface area contributed by atoms with Gasteiger partial charge in [-0.2, -0.15) is 0 Å². The number of amides is 1. The first-order valence-electron chi connectivity index (χ1n) is 9.09. The zero-order valence-corrected chi connectivity index (χ0v) is 16.1. The molecule has 2 rings (SSSR count). The van der Waals surface area contributed by atoms with E-state index >= 15 is 0 Å². The number of rotatable bonds is 10. The first-order chi connectivity index (χ1) is 12.9. The summed E-state index contributed by atoms with van der Waals surface area (Å²) in [6, 6.07) is 7.27. The van der Waals surface area contributed by atoms with Crippen LogP contribution in [-0.2, 0) is 27.9 Å². The van der Waals surface area contributed by atoms with Crippen LogP contribution in [0.3, 0.4) is 0 Å². The molecule has 8 nitrogen and oxygen atoms in total. The van der Waals surface area contributed by atoms with Crippen LogP contribution in [-0.4, -0.2) is 57.3 Å². The molecule has 8 heteroatoms. The summed E-state index contributed by atoms with van der Waals surface area (Å²) in [6.45, 7) is 4.90. The molecule has 148 valence electrons. The molecule has 0 radical (unpaired) electrons. The van der Waals surface area contributed by atoms with E-state index in [1.54, 1.807) is 20.0 Å². The molecule has 0 aliphatic carbocycles. The minimum absolute atomic E-state index is 0.0970. The van der Waals surface area contributed by atoms with E-state index in [1.165, 1.54) is 14.0 Å². The Kier molecular flexibility index (Phi) is 7.18. The lowest BCUT2D eigenvalue weighted by molar-refractivity contribution is -0.143. The third-order valence-corrected chi connectivity index (χ3v) is 4.53. The largest absolute Gasteiger partial charge is 0.481 e. The molecule has 0 fully saturated rings. The Morgan fingerprint density at radius 3 is 2.56 bits per heavy atom. The Hall–Kier alpha value is -2.61. The highest BCUT2D eigenvalue weighted by atomic mass is 16.5. The molecular weight excluding hydrogens is 350 g/mol. The number of carbonyl (C=O) groups excluding carboxylic acids is 1. The number of nitrogens with zero attached hydrogens (tertiary/aromatic N) is 3. The summed E-state index contributed by atoms with van der Waals surface area (Å²) in [7, 11) is 1.66. The molecule has 2 aromatic rings. The Bertz CT molecular complexity index is 855. The molecule has 0 aliphatic heterocycles. The summed E-state index contributed by atoms with van der Waals surface area (Å²) >= 11 is 0. The third-order valence-electron chi connectivity index (χ3n) is 4.53. The minimum Gasteiger partial charge on any atom is -0.481 e. The van der Waals surface area contributed by atoms with Gasteiger partial charge in [-0.25, -0.2) is 4.79 Å². The van der Waals surface area contributed by atoms with Crippen molar-refractivity contribution in [3.05, 3.63) is 34.7 Å². The standard InChI is InChI=1S/C19H27N3O5/c1-4-27-11-7-10-21(12-14(2)18(24)25)17(23)13-22-16-9-6-5-8-15(16)20(3)19(22)26/h5-6,8-9,14H,4,7,10-13H2,1-3H3,(H,24,25). The van der Waals surface area contributed by atoms with E-state index in [0.717, 1.165) is 5.52 Å². The van der Waals surface area contributed by atoms with Crippen molar-refractivity contribution < 1.29 is 19.4 Å². The quantitative estimate of drug-likeness (QED) is 0.630. The first-order valence-corrected chi connectivity index (χ1v) is 9.09. The fraction of sp³-hybridized carbons (Fsp3) is 0.526. The Morgan fingerprint density at radius 2 is 1.93 bits per heavy atom. The van der Waals surface area contributed by atoms with Gasteiger partial charge in [-0.15, -0.1) is 0 Å². The van der Waals surface area contributed by atoms with E-state index in [-0.39, 0.29) is 24.7 Å². The molecular formula is C19H27N3O5. The van der Waals surface area contributed by atoms with Gasteiger partial charge in [0.25, 0.3) is 0 Å². The van der Waals surface area contributed by atoms with Gasteiger partial charge in [0, 0.05) is 33.4 Å². The molecule has 0 spiro atoms. The van der Waals surface area contributed by atoms with Crippen LogP contribution in [0.4, 0.5) is 0 Å². The molecule has 1 heterocycles. The fourth-order valence-corrected chi connectivity index (χ4v) is 2.98. The number of carboxylic acid groups (broad SMARTS) is 1. The van der Waals surface area contributed by atoms with E-state index in [2.05, 4.69) is 0 Å². The number of hydrogen-bond acceptors (Lipinski definition) is 4. The van der Waals surface area contributed by atoms with Crippen LogP contribution >= 0.6 is 0 Å². The lowest BCUT2D eigenvalue weighted by atomic mass is 10.1. The zero-order chi connectivity index (χ0) is 20.0. The number of carbonyl (C=O) groups is 2. The maximum atomic E-state index is 12.9. The summed E-state index contributed by atoms with van der Waals surface area (Å²) in [5.41, 5.74) is 1.15. The average Bonchev–Trinajstić information content (AvgIpc) is 2.89.